The number of aryl methyl sites for hydroxylation is 1. The lowest BCUT2D eigenvalue weighted by molar-refractivity contribution is -0.0781. The van der Waals surface area contributed by atoms with Crippen LogP contribution < -0.4 is 4.90 Å². The highest BCUT2D eigenvalue weighted by Crippen LogP contribution is 2.56. The standard InChI is InChI=1S/C13H16ClNOS/c1-10-3-5-11(6-4-10)15-9-13(14)12(15,2)16-7-8-17-13/h3-6H,7-9H2,1-2H3/t12-,13-/m1/s1. The number of nitrogens with zero attached hydrogens (tertiary/aromatic N) is 1. The van der Waals surface area contributed by atoms with E-state index in [0.717, 1.165) is 18.9 Å². The number of alkyl halides is 1. The summed E-state index contributed by atoms with van der Waals surface area (Å²) >= 11 is 8.44. The Balaban J connectivity index is 1.89. The van der Waals surface area contributed by atoms with E-state index in [1.54, 1.807) is 0 Å². The van der Waals surface area contributed by atoms with Crippen LogP contribution >= 0.6 is 23.4 Å². The van der Waals surface area contributed by atoms with E-state index in [1.165, 1.54) is 11.3 Å². The van der Waals surface area contributed by atoms with Gasteiger partial charge in [-0.15, -0.1) is 23.4 Å². The third kappa shape index (κ3) is 1.60. The monoisotopic (exact) mass is 269 g/mol. The van der Waals surface area contributed by atoms with Crippen molar-refractivity contribution in [2.75, 3.05) is 23.8 Å². The van der Waals surface area contributed by atoms with Crippen molar-refractivity contribution >= 4 is 29.1 Å². The van der Waals surface area contributed by atoms with Crippen LogP contribution in [0.1, 0.15) is 12.5 Å². The van der Waals surface area contributed by atoms with Crippen LogP contribution in [0.3, 0.4) is 0 Å². The molecule has 0 N–H and O–H groups in total. The zero-order valence-corrected chi connectivity index (χ0v) is 11.6. The van der Waals surface area contributed by atoms with Crippen molar-refractivity contribution in [3.63, 3.8) is 0 Å². The van der Waals surface area contributed by atoms with Crippen LogP contribution in [0.2, 0.25) is 0 Å². The second kappa shape index (κ2) is 3.81. The molecule has 4 heteroatoms. The van der Waals surface area contributed by atoms with E-state index >= 15 is 0 Å². The molecule has 0 aliphatic carbocycles. The van der Waals surface area contributed by atoms with Crippen molar-refractivity contribution in [2.24, 2.45) is 0 Å². The Morgan fingerprint density at radius 1 is 1.35 bits per heavy atom. The molecule has 2 heterocycles. The van der Waals surface area contributed by atoms with Crippen LogP contribution in [0.4, 0.5) is 5.69 Å². The Hall–Kier alpha value is -0.380. The number of ether oxygens (including phenoxy) is 1. The molecule has 2 aliphatic heterocycles. The minimum Gasteiger partial charge on any atom is -0.352 e. The molecule has 2 aliphatic rings. The van der Waals surface area contributed by atoms with E-state index in [-0.39, 0.29) is 9.93 Å². The molecule has 92 valence electrons. The molecule has 0 unspecified atom stereocenters. The van der Waals surface area contributed by atoms with Gasteiger partial charge in [-0.25, -0.2) is 0 Å². The number of anilines is 1. The lowest BCUT2D eigenvalue weighted by Crippen LogP contribution is -2.76. The van der Waals surface area contributed by atoms with Crippen molar-refractivity contribution in [1.29, 1.82) is 0 Å². The van der Waals surface area contributed by atoms with Crippen molar-refractivity contribution in [3.8, 4) is 0 Å². The van der Waals surface area contributed by atoms with Gasteiger partial charge in [0.05, 0.1) is 13.2 Å². The van der Waals surface area contributed by atoms with Crippen LogP contribution in [-0.4, -0.2) is 28.8 Å². The van der Waals surface area contributed by atoms with E-state index in [1.807, 2.05) is 11.8 Å². The molecule has 1 aromatic carbocycles. The molecule has 2 nitrogen and oxygen atoms in total. The number of halogens is 1. The molecular weight excluding hydrogens is 254 g/mol. The van der Waals surface area contributed by atoms with Crippen LogP contribution in [0.15, 0.2) is 24.3 Å². The van der Waals surface area contributed by atoms with Crippen molar-refractivity contribution in [2.45, 2.75) is 23.8 Å². The number of hydrogen-bond donors (Lipinski definition) is 0. The number of hydrogen-bond acceptors (Lipinski definition) is 3. The van der Waals surface area contributed by atoms with Gasteiger partial charge in [0.1, 0.15) is 0 Å². The zero-order chi connectivity index (χ0) is 12.1. The van der Waals surface area contributed by atoms with Gasteiger partial charge in [-0.1, -0.05) is 17.7 Å². The Labute approximate surface area is 111 Å². The van der Waals surface area contributed by atoms with Gasteiger partial charge in [0.2, 0.25) is 0 Å². The smallest absolute Gasteiger partial charge is 0.168 e. The SMILES string of the molecule is Cc1ccc(N2C[C@@]3(Cl)SCCO[C@@]23C)cc1. The van der Waals surface area contributed by atoms with Crippen molar-refractivity contribution < 1.29 is 4.74 Å². The minimum absolute atomic E-state index is 0.282. The van der Waals surface area contributed by atoms with Gasteiger partial charge in [-0.2, -0.15) is 0 Å². The second-order valence-corrected chi connectivity index (χ2v) is 7.09. The highest BCUT2D eigenvalue weighted by Gasteiger charge is 2.64. The van der Waals surface area contributed by atoms with Gasteiger partial charge in [0.25, 0.3) is 0 Å². The third-order valence-corrected chi connectivity index (χ3v) is 5.85. The van der Waals surface area contributed by atoms with Crippen LogP contribution in [0, 0.1) is 6.92 Å². The fourth-order valence-electron chi connectivity index (χ4n) is 2.48. The lowest BCUT2D eigenvalue weighted by Gasteiger charge is -2.63. The van der Waals surface area contributed by atoms with E-state index < -0.39 is 0 Å². The second-order valence-electron chi connectivity index (χ2n) is 4.83. The van der Waals surface area contributed by atoms with Gasteiger partial charge in [-0.3, -0.25) is 0 Å². The first-order valence-corrected chi connectivity index (χ1v) is 7.23. The van der Waals surface area contributed by atoms with Gasteiger partial charge in [0, 0.05) is 11.4 Å². The number of fused-ring (bicyclic) bond motifs is 1. The molecule has 0 aromatic heterocycles. The summed E-state index contributed by atoms with van der Waals surface area (Å²) in [4.78, 5) is 2.26. The summed E-state index contributed by atoms with van der Waals surface area (Å²) in [5.41, 5.74) is 2.10. The van der Waals surface area contributed by atoms with E-state index in [9.17, 15) is 0 Å². The molecule has 0 radical (unpaired) electrons. The maximum absolute atomic E-state index is 6.62. The first-order valence-electron chi connectivity index (χ1n) is 5.86. The summed E-state index contributed by atoms with van der Waals surface area (Å²) in [6.45, 7) is 5.81. The summed E-state index contributed by atoms with van der Waals surface area (Å²) in [7, 11) is 0. The van der Waals surface area contributed by atoms with E-state index in [2.05, 4.69) is 43.0 Å². The molecule has 0 spiro atoms. The van der Waals surface area contributed by atoms with Crippen LogP contribution in [-0.2, 0) is 4.74 Å². The predicted octanol–water partition coefficient (Wildman–Crippen LogP) is 3.23. The fourth-order valence-corrected chi connectivity index (χ4v) is 4.14. The van der Waals surface area contributed by atoms with Crippen molar-refractivity contribution in [3.05, 3.63) is 29.8 Å². The van der Waals surface area contributed by atoms with E-state index in [4.69, 9.17) is 16.3 Å². The van der Waals surface area contributed by atoms with Gasteiger partial charge >= 0.3 is 0 Å². The Morgan fingerprint density at radius 2 is 2.06 bits per heavy atom. The topological polar surface area (TPSA) is 12.5 Å². The molecule has 0 saturated carbocycles. The maximum Gasteiger partial charge on any atom is 0.168 e. The molecular formula is C13H16ClNOS. The molecule has 2 saturated heterocycles. The number of rotatable bonds is 1. The van der Waals surface area contributed by atoms with Gasteiger partial charge in [0.15, 0.2) is 9.93 Å². The Kier molecular flexibility index (Phi) is 2.62. The highest BCUT2D eigenvalue weighted by molar-refractivity contribution is 8.02. The minimum atomic E-state index is -0.368. The molecule has 1 aromatic rings. The third-order valence-electron chi connectivity index (χ3n) is 3.71. The molecule has 2 atom stereocenters. The van der Waals surface area contributed by atoms with Gasteiger partial charge in [-0.05, 0) is 26.0 Å². The first-order chi connectivity index (χ1) is 8.05. The van der Waals surface area contributed by atoms with Crippen LogP contribution in [0.5, 0.6) is 0 Å². The largest absolute Gasteiger partial charge is 0.352 e. The summed E-state index contributed by atoms with van der Waals surface area (Å²) < 4.78 is 5.66. The summed E-state index contributed by atoms with van der Waals surface area (Å²) in [6, 6.07) is 8.53. The van der Waals surface area contributed by atoms with E-state index in [0.29, 0.717) is 0 Å². The average molecular weight is 270 g/mol. The highest BCUT2D eigenvalue weighted by atomic mass is 35.5. The van der Waals surface area contributed by atoms with Crippen molar-refractivity contribution in [1.82, 2.24) is 0 Å². The summed E-state index contributed by atoms with van der Waals surface area (Å²) in [5.74, 6) is 0.987. The average Bonchev–Trinajstić information content (AvgIpc) is 2.31. The number of benzene rings is 1. The Morgan fingerprint density at radius 3 is 2.71 bits per heavy atom. The first kappa shape index (κ1) is 11.7. The fraction of sp³-hybridized carbons (Fsp3) is 0.538. The normalized spacial score (nSPS) is 36.3. The molecule has 0 bridgehead atoms. The molecule has 3 rings (SSSR count). The number of thioether (sulfide) groups is 1. The summed E-state index contributed by atoms with van der Waals surface area (Å²) in [5, 5.41) is 0. The molecule has 2 fully saturated rings. The lowest BCUT2D eigenvalue weighted by atomic mass is 9.96. The van der Waals surface area contributed by atoms with Crippen LogP contribution in [0.25, 0.3) is 0 Å². The Bertz CT molecular complexity index is 438. The summed E-state index contributed by atoms with van der Waals surface area (Å²) in [6.07, 6.45) is 0. The molecule has 17 heavy (non-hydrogen) atoms. The zero-order valence-electron chi connectivity index (χ0n) is 10.1. The maximum atomic E-state index is 6.62. The quantitative estimate of drug-likeness (QED) is 0.727. The predicted molar refractivity (Wildman–Crippen MR) is 73.9 cm³/mol. The molecule has 0 amide bonds. The van der Waals surface area contributed by atoms with Gasteiger partial charge < -0.3 is 9.64 Å².